The van der Waals surface area contributed by atoms with E-state index in [1.165, 1.54) is 0 Å². The highest BCUT2D eigenvalue weighted by Gasteiger charge is 2.30. The van der Waals surface area contributed by atoms with Gasteiger partial charge in [0.1, 0.15) is 11.0 Å². The lowest BCUT2D eigenvalue weighted by Crippen LogP contribution is -2.41. The lowest BCUT2D eigenvalue weighted by Gasteiger charge is -2.27. The van der Waals surface area contributed by atoms with Gasteiger partial charge in [-0.1, -0.05) is 12.1 Å². The third-order valence-electron chi connectivity index (χ3n) is 2.38. The molecular weight excluding hydrogens is 224 g/mol. The number of aromatic nitrogens is 1. The van der Waals surface area contributed by atoms with Crippen LogP contribution in [0.2, 0.25) is 0 Å². The fourth-order valence-corrected chi connectivity index (χ4v) is 2.21. The van der Waals surface area contributed by atoms with E-state index in [0.29, 0.717) is 0 Å². The van der Waals surface area contributed by atoms with Crippen molar-refractivity contribution in [2.24, 2.45) is 0 Å². The van der Waals surface area contributed by atoms with Crippen molar-refractivity contribution < 1.29 is 9.08 Å². The molecule has 2 unspecified atom stereocenters. The normalized spacial score (nSPS) is 16.1. The lowest BCUT2D eigenvalue weighted by molar-refractivity contribution is 0.413. The van der Waals surface area contributed by atoms with Crippen molar-refractivity contribution in [2.45, 2.75) is 51.8 Å². The Balaban J connectivity index is 2.74. The minimum absolute atomic E-state index is 0.0336. The Kier molecular flexibility index (Phi) is 4.41. The topological polar surface area (TPSA) is 61.1 Å². The van der Waals surface area contributed by atoms with Crippen LogP contribution in [0.25, 0.3) is 0 Å². The van der Waals surface area contributed by atoms with Crippen molar-refractivity contribution in [3.63, 3.8) is 0 Å². The molecule has 0 amide bonds. The van der Waals surface area contributed by atoms with Crippen molar-refractivity contribution in [2.75, 3.05) is 0 Å². The van der Waals surface area contributed by atoms with E-state index < -0.39 is 11.4 Å². The number of aryl methyl sites for hydroxylation is 1. The predicted octanol–water partition coefficient (Wildman–Crippen LogP) is 2.49. The summed E-state index contributed by atoms with van der Waals surface area (Å²) in [6.45, 7) is 9.78. The molecule has 0 aliphatic carbocycles. The molecule has 0 saturated carbocycles. The number of nitrogens with one attached hydrogen (secondary N) is 1. The molecule has 5 heteroatoms. The van der Waals surface area contributed by atoms with Gasteiger partial charge in [-0.15, -0.1) is 4.72 Å². The molecule has 1 N–H and O–H groups in total. The molecule has 1 heterocycles. The van der Waals surface area contributed by atoms with Gasteiger partial charge < -0.3 is 9.08 Å². The second-order valence-electron chi connectivity index (χ2n) is 4.82. The molecule has 0 fully saturated rings. The zero-order chi connectivity index (χ0) is 12.3. The highest BCUT2D eigenvalue weighted by molar-refractivity contribution is 7.90. The summed E-state index contributed by atoms with van der Waals surface area (Å²) in [5.41, 5.74) is 1.84. The Morgan fingerprint density at radius 1 is 1.56 bits per heavy atom. The van der Waals surface area contributed by atoms with Crippen molar-refractivity contribution in [3.05, 3.63) is 17.5 Å². The summed E-state index contributed by atoms with van der Waals surface area (Å²) in [6.07, 6.45) is 2.47. The van der Waals surface area contributed by atoms with Crippen LogP contribution in [0.1, 0.15) is 51.4 Å². The maximum atomic E-state index is 12.0. The zero-order valence-corrected chi connectivity index (χ0v) is 11.4. The van der Waals surface area contributed by atoms with E-state index in [-0.39, 0.29) is 10.8 Å². The SMILES string of the molecule is CCC(N[S+]([O-])C(C)(C)C)c1conc1C. The van der Waals surface area contributed by atoms with Crippen LogP contribution in [-0.4, -0.2) is 14.5 Å². The van der Waals surface area contributed by atoms with Crippen LogP contribution in [-0.2, 0) is 11.4 Å². The van der Waals surface area contributed by atoms with Crippen molar-refractivity contribution in [1.82, 2.24) is 9.88 Å². The van der Waals surface area contributed by atoms with Crippen LogP contribution < -0.4 is 4.72 Å². The number of nitrogens with zero attached hydrogens (tertiary/aromatic N) is 1. The summed E-state index contributed by atoms with van der Waals surface area (Å²) in [7, 11) is 0. The van der Waals surface area contributed by atoms with Gasteiger partial charge in [0.05, 0.1) is 11.7 Å². The molecule has 1 aromatic rings. The summed E-state index contributed by atoms with van der Waals surface area (Å²) in [5, 5.41) is 3.84. The maximum Gasteiger partial charge on any atom is 0.136 e. The highest BCUT2D eigenvalue weighted by Crippen LogP contribution is 2.23. The van der Waals surface area contributed by atoms with Gasteiger partial charge in [0.15, 0.2) is 0 Å². The van der Waals surface area contributed by atoms with Crippen molar-refractivity contribution in [3.8, 4) is 0 Å². The predicted molar refractivity (Wildman–Crippen MR) is 65.3 cm³/mol. The second kappa shape index (κ2) is 5.21. The molecule has 4 nitrogen and oxygen atoms in total. The van der Waals surface area contributed by atoms with E-state index >= 15 is 0 Å². The van der Waals surface area contributed by atoms with E-state index in [9.17, 15) is 4.55 Å². The summed E-state index contributed by atoms with van der Waals surface area (Å²) in [4.78, 5) is 0. The van der Waals surface area contributed by atoms with Crippen LogP contribution in [0.4, 0.5) is 0 Å². The summed E-state index contributed by atoms with van der Waals surface area (Å²) < 4.78 is 19.8. The molecule has 16 heavy (non-hydrogen) atoms. The minimum atomic E-state index is -1.08. The average molecular weight is 244 g/mol. The summed E-state index contributed by atoms with van der Waals surface area (Å²) >= 11 is -1.08. The van der Waals surface area contributed by atoms with Gasteiger partial charge in [-0.25, -0.2) is 0 Å². The average Bonchev–Trinajstić information content (AvgIpc) is 2.59. The van der Waals surface area contributed by atoms with Gasteiger partial charge >= 0.3 is 0 Å². The van der Waals surface area contributed by atoms with Crippen molar-refractivity contribution >= 4 is 11.4 Å². The molecule has 0 aliphatic heterocycles. The van der Waals surface area contributed by atoms with Gasteiger partial charge in [-0.2, -0.15) is 0 Å². The lowest BCUT2D eigenvalue weighted by atomic mass is 10.1. The van der Waals surface area contributed by atoms with Crippen LogP contribution in [0.3, 0.4) is 0 Å². The number of rotatable bonds is 4. The van der Waals surface area contributed by atoms with Crippen LogP contribution >= 0.6 is 0 Å². The number of hydrogen-bond acceptors (Lipinski definition) is 4. The van der Waals surface area contributed by atoms with Crippen molar-refractivity contribution in [1.29, 1.82) is 0 Å². The van der Waals surface area contributed by atoms with E-state index in [4.69, 9.17) is 4.52 Å². The third-order valence-corrected chi connectivity index (χ3v) is 3.99. The molecular formula is C11H20N2O2S. The van der Waals surface area contributed by atoms with E-state index in [1.54, 1.807) is 6.26 Å². The Labute approximate surface area is 100 Å². The van der Waals surface area contributed by atoms with Gasteiger partial charge in [0.2, 0.25) is 0 Å². The van der Waals surface area contributed by atoms with E-state index in [0.717, 1.165) is 17.7 Å². The molecule has 1 aromatic heterocycles. The quantitative estimate of drug-likeness (QED) is 0.827. The molecule has 2 atom stereocenters. The standard InChI is InChI=1S/C11H20N2O2S/c1-6-10(9-7-15-12-8(9)2)13-16(14)11(3,4)5/h7,10,13H,6H2,1-5H3. The van der Waals surface area contributed by atoms with E-state index in [1.807, 2.05) is 34.6 Å². The van der Waals surface area contributed by atoms with Gasteiger partial charge in [-0.3, -0.25) is 0 Å². The maximum absolute atomic E-state index is 12.0. The summed E-state index contributed by atoms with van der Waals surface area (Å²) in [6, 6.07) is 0.0336. The summed E-state index contributed by atoms with van der Waals surface area (Å²) in [5.74, 6) is 0. The Hall–Kier alpha value is -0.520. The fraction of sp³-hybridized carbons (Fsp3) is 0.727. The van der Waals surface area contributed by atoms with Crippen LogP contribution in [0.15, 0.2) is 10.8 Å². The van der Waals surface area contributed by atoms with E-state index in [2.05, 4.69) is 9.88 Å². The van der Waals surface area contributed by atoms with Gasteiger partial charge in [0.25, 0.3) is 0 Å². The Morgan fingerprint density at radius 3 is 2.56 bits per heavy atom. The van der Waals surface area contributed by atoms with Crippen LogP contribution in [0.5, 0.6) is 0 Å². The number of hydrogen-bond donors (Lipinski definition) is 1. The fourth-order valence-electron chi connectivity index (χ4n) is 1.31. The minimum Gasteiger partial charge on any atom is -0.598 e. The zero-order valence-electron chi connectivity index (χ0n) is 10.5. The first kappa shape index (κ1) is 13.5. The van der Waals surface area contributed by atoms with Gasteiger partial charge in [-0.05, 0) is 34.1 Å². The molecule has 0 saturated heterocycles. The molecule has 0 spiro atoms. The largest absolute Gasteiger partial charge is 0.598 e. The second-order valence-corrected chi connectivity index (χ2v) is 6.81. The van der Waals surface area contributed by atoms with Gasteiger partial charge in [0, 0.05) is 16.9 Å². The smallest absolute Gasteiger partial charge is 0.136 e. The van der Waals surface area contributed by atoms with Crippen LogP contribution in [0, 0.1) is 6.92 Å². The third kappa shape index (κ3) is 3.23. The first-order valence-electron chi connectivity index (χ1n) is 5.45. The highest BCUT2D eigenvalue weighted by atomic mass is 32.2. The first-order chi connectivity index (χ1) is 7.36. The molecule has 0 bridgehead atoms. The monoisotopic (exact) mass is 244 g/mol. The molecule has 92 valence electrons. The Bertz CT molecular complexity index is 333. The molecule has 0 radical (unpaired) electrons. The Morgan fingerprint density at radius 2 is 2.19 bits per heavy atom. The molecule has 1 rings (SSSR count). The molecule has 0 aromatic carbocycles. The first-order valence-corrected chi connectivity index (χ1v) is 6.60. The molecule has 0 aliphatic rings.